The number of methoxy groups -OCH3 is 1. The molecule has 0 bridgehead atoms. The molecule has 1 aliphatic heterocycles. The topological polar surface area (TPSA) is 74.9 Å². The van der Waals surface area contributed by atoms with E-state index in [1.54, 1.807) is 7.11 Å². The molecule has 1 saturated heterocycles. The summed E-state index contributed by atoms with van der Waals surface area (Å²) in [5.74, 6) is 2.87. The maximum Gasteiger partial charge on any atom is 0.191 e. The van der Waals surface area contributed by atoms with E-state index in [0.29, 0.717) is 12.6 Å². The first-order valence-corrected chi connectivity index (χ1v) is 11.9. The molecule has 2 atom stereocenters. The van der Waals surface area contributed by atoms with Gasteiger partial charge in [-0.05, 0) is 64.4 Å². The van der Waals surface area contributed by atoms with Gasteiger partial charge in [-0.2, -0.15) is 0 Å². The number of aryl methyl sites for hydroxylation is 2. The zero-order valence-corrected chi connectivity index (χ0v) is 20.3. The molecule has 2 aromatic rings. The summed E-state index contributed by atoms with van der Waals surface area (Å²) in [7, 11) is 1.71. The molecule has 1 aliphatic rings. The molecule has 1 fully saturated rings. The lowest BCUT2D eigenvalue weighted by molar-refractivity contribution is 0.164. The van der Waals surface area contributed by atoms with E-state index in [-0.39, 0.29) is 5.92 Å². The molecule has 2 heterocycles. The van der Waals surface area contributed by atoms with Crippen molar-refractivity contribution in [2.24, 2.45) is 4.99 Å². The highest BCUT2D eigenvalue weighted by molar-refractivity contribution is 5.79. The SMILES string of the molecule is CCNC(=NCC(C)c1c(C)noc1C)NCC(c1ccc(OC)cc1)N1CCCCC1. The quantitative estimate of drug-likeness (QED) is 0.449. The molecule has 0 aliphatic carbocycles. The summed E-state index contributed by atoms with van der Waals surface area (Å²) < 4.78 is 10.7. The Morgan fingerprint density at radius 2 is 1.88 bits per heavy atom. The fourth-order valence-corrected chi connectivity index (χ4v) is 4.56. The summed E-state index contributed by atoms with van der Waals surface area (Å²) in [5, 5.41) is 11.1. The molecule has 1 aromatic carbocycles. The number of ether oxygens (including phenoxy) is 1. The molecule has 2 N–H and O–H groups in total. The summed E-state index contributed by atoms with van der Waals surface area (Å²) in [4.78, 5) is 7.47. The minimum atomic E-state index is 0.246. The Hall–Kier alpha value is -2.54. The van der Waals surface area contributed by atoms with Crippen molar-refractivity contribution in [3.8, 4) is 5.75 Å². The van der Waals surface area contributed by atoms with Gasteiger partial charge in [-0.25, -0.2) is 0 Å². The lowest BCUT2D eigenvalue weighted by Gasteiger charge is -2.35. The van der Waals surface area contributed by atoms with Crippen molar-refractivity contribution < 1.29 is 9.26 Å². The maximum absolute atomic E-state index is 5.36. The van der Waals surface area contributed by atoms with Gasteiger partial charge in [0.25, 0.3) is 0 Å². The van der Waals surface area contributed by atoms with Gasteiger partial charge in [0.05, 0.1) is 18.8 Å². The molecule has 0 amide bonds. The Bertz CT molecular complexity index is 836. The van der Waals surface area contributed by atoms with Gasteiger partial charge in [0.1, 0.15) is 11.5 Å². The number of hydrogen-bond acceptors (Lipinski definition) is 5. The van der Waals surface area contributed by atoms with Crippen molar-refractivity contribution in [2.45, 2.75) is 58.9 Å². The van der Waals surface area contributed by atoms with E-state index in [1.165, 1.54) is 24.8 Å². The van der Waals surface area contributed by atoms with Crippen molar-refractivity contribution in [1.29, 1.82) is 0 Å². The van der Waals surface area contributed by atoms with Crippen LogP contribution in [-0.4, -0.2) is 55.8 Å². The van der Waals surface area contributed by atoms with Gasteiger partial charge in [-0.3, -0.25) is 9.89 Å². The van der Waals surface area contributed by atoms with Gasteiger partial charge >= 0.3 is 0 Å². The average molecular weight is 442 g/mol. The van der Waals surface area contributed by atoms with Crippen LogP contribution in [0.4, 0.5) is 0 Å². The molecule has 7 heteroatoms. The third-order valence-corrected chi connectivity index (χ3v) is 6.24. The van der Waals surface area contributed by atoms with E-state index in [0.717, 1.165) is 54.9 Å². The number of likely N-dealkylation sites (tertiary alicyclic amines) is 1. The number of rotatable bonds is 9. The Balaban J connectivity index is 1.71. The molecule has 2 unspecified atom stereocenters. The average Bonchev–Trinajstić information content (AvgIpc) is 3.16. The minimum Gasteiger partial charge on any atom is -0.497 e. The van der Waals surface area contributed by atoms with E-state index < -0.39 is 0 Å². The second kappa shape index (κ2) is 11.9. The molecule has 1 aromatic heterocycles. The first-order chi connectivity index (χ1) is 15.5. The van der Waals surface area contributed by atoms with Crippen LogP contribution in [-0.2, 0) is 0 Å². The van der Waals surface area contributed by atoms with Gasteiger partial charge in [-0.1, -0.05) is 30.6 Å². The van der Waals surface area contributed by atoms with Crippen LogP contribution in [0.3, 0.4) is 0 Å². The van der Waals surface area contributed by atoms with Crippen LogP contribution in [0.5, 0.6) is 5.75 Å². The normalized spacial score (nSPS) is 17.1. The lowest BCUT2D eigenvalue weighted by atomic mass is 10.00. The van der Waals surface area contributed by atoms with Crippen molar-refractivity contribution in [1.82, 2.24) is 20.7 Å². The van der Waals surface area contributed by atoms with E-state index in [9.17, 15) is 0 Å². The van der Waals surface area contributed by atoms with Crippen LogP contribution >= 0.6 is 0 Å². The first-order valence-electron chi connectivity index (χ1n) is 11.9. The highest BCUT2D eigenvalue weighted by Crippen LogP contribution is 2.26. The number of nitrogens with zero attached hydrogens (tertiary/aromatic N) is 3. The predicted octanol–water partition coefficient (Wildman–Crippen LogP) is 4.19. The predicted molar refractivity (Wildman–Crippen MR) is 130 cm³/mol. The Morgan fingerprint density at radius 3 is 2.47 bits per heavy atom. The second-order valence-corrected chi connectivity index (χ2v) is 8.63. The van der Waals surface area contributed by atoms with Crippen molar-refractivity contribution in [2.75, 3.05) is 39.8 Å². The van der Waals surface area contributed by atoms with Crippen LogP contribution in [0.25, 0.3) is 0 Å². The van der Waals surface area contributed by atoms with Crippen molar-refractivity contribution in [3.05, 3.63) is 46.8 Å². The molecule has 0 radical (unpaired) electrons. The number of aromatic nitrogens is 1. The van der Waals surface area contributed by atoms with Crippen molar-refractivity contribution >= 4 is 5.96 Å². The van der Waals surface area contributed by atoms with Gasteiger partial charge in [-0.15, -0.1) is 0 Å². The van der Waals surface area contributed by atoms with Crippen LogP contribution in [0.15, 0.2) is 33.8 Å². The third-order valence-electron chi connectivity index (χ3n) is 6.24. The number of nitrogens with one attached hydrogen (secondary N) is 2. The first kappa shape index (κ1) is 24.1. The molecule has 176 valence electrons. The standard InChI is InChI=1S/C25H39N5O2/c1-6-26-25(27-16-18(2)24-19(3)29-32-20(24)4)28-17-23(30-14-8-7-9-15-30)21-10-12-22(31-5)13-11-21/h10-13,18,23H,6-9,14-17H2,1-5H3,(H2,26,27,28). The van der Waals surface area contributed by atoms with Crippen LogP contribution < -0.4 is 15.4 Å². The zero-order chi connectivity index (χ0) is 22.9. The lowest BCUT2D eigenvalue weighted by Crippen LogP contribution is -2.44. The van der Waals surface area contributed by atoms with Gasteiger partial charge in [0.15, 0.2) is 5.96 Å². The molecule has 0 saturated carbocycles. The fourth-order valence-electron chi connectivity index (χ4n) is 4.56. The van der Waals surface area contributed by atoms with Gasteiger partial charge in [0.2, 0.25) is 0 Å². The summed E-state index contributed by atoms with van der Waals surface area (Å²) in [6.07, 6.45) is 3.84. The van der Waals surface area contributed by atoms with E-state index >= 15 is 0 Å². The zero-order valence-electron chi connectivity index (χ0n) is 20.3. The van der Waals surface area contributed by atoms with E-state index in [1.807, 2.05) is 13.8 Å². The minimum absolute atomic E-state index is 0.246. The fraction of sp³-hybridized carbons (Fsp3) is 0.600. The van der Waals surface area contributed by atoms with Crippen LogP contribution in [0.1, 0.15) is 67.7 Å². The van der Waals surface area contributed by atoms with E-state index in [4.69, 9.17) is 14.3 Å². The van der Waals surface area contributed by atoms with E-state index in [2.05, 4.69) is 58.8 Å². The molecule has 7 nitrogen and oxygen atoms in total. The van der Waals surface area contributed by atoms with Crippen molar-refractivity contribution in [3.63, 3.8) is 0 Å². The summed E-state index contributed by atoms with van der Waals surface area (Å²) in [6.45, 7) is 12.8. The molecule has 0 spiro atoms. The smallest absolute Gasteiger partial charge is 0.191 e. The second-order valence-electron chi connectivity index (χ2n) is 8.63. The summed E-state index contributed by atoms with van der Waals surface area (Å²) in [6, 6.07) is 8.77. The van der Waals surface area contributed by atoms with Gasteiger partial charge in [0, 0.05) is 31.1 Å². The van der Waals surface area contributed by atoms with Crippen LogP contribution in [0.2, 0.25) is 0 Å². The highest BCUT2D eigenvalue weighted by Gasteiger charge is 2.23. The number of guanidine groups is 1. The Labute approximate surface area is 192 Å². The number of hydrogen-bond donors (Lipinski definition) is 2. The Kier molecular flexibility index (Phi) is 8.97. The maximum atomic E-state index is 5.36. The molecule has 32 heavy (non-hydrogen) atoms. The third kappa shape index (κ3) is 6.25. The summed E-state index contributed by atoms with van der Waals surface area (Å²) in [5.41, 5.74) is 3.42. The number of piperidine rings is 1. The largest absolute Gasteiger partial charge is 0.497 e. The number of aliphatic imine (C=N–C) groups is 1. The Morgan fingerprint density at radius 1 is 1.16 bits per heavy atom. The number of benzene rings is 1. The summed E-state index contributed by atoms with van der Waals surface area (Å²) >= 11 is 0. The highest BCUT2D eigenvalue weighted by atomic mass is 16.5. The monoisotopic (exact) mass is 441 g/mol. The van der Waals surface area contributed by atoms with Gasteiger partial charge < -0.3 is 19.9 Å². The molecular weight excluding hydrogens is 402 g/mol. The molecular formula is C25H39N5O2. The molecule has 3 rings (SSSR count). The van der Waals surface area contributed by atoms with Crippen LogP contribution in [0, 0.1) is 13.8 Å².